The smallest absolute Gasteiger partial charge is 0.291 e. The molecule has 2 rings (SSSR count). The van der Waals surface area contributed by atoms with Gasteiger partial charge in [-0.1, -0.05) is 13.8 Å². The van der Waals surface area contributed by atoms with E-state index in [0.717, 1.165) is 17.1 Å². The zero-order chi connectivity index (χ0) is 14.0. The van der Waals surface area contributed by atoms with Crippen molar-refractivity contribution in [3.63, 3.8) is 0 Å². The third-order valence-electron chi connectivity index (χ3n) is 2.57. The molecule has 0 unspecified atom stereocenters. The minimum Gasteiger partial charge on any atom is -0.327 e. The molecule has 0 bridgehead atoms. The lowest BCUT2D eigenvalue weighted by Gasteiger charge is -1.97. The Bertz CT molecular complexity index is 649. The van der Waals surface area contributed by atoms with Crippen molar-refractivity contribution in [2.24, 2.45) is 18.0 Å². The highest BCUT2D eigenvalue weighted by Crippen LogP contribution is 2.21. The van der Waals surface area contributed by atoms with E-state index in [1.54, 1.807) is 0 Å². The summed E-state index contributed by atoms with van der Waals surface area (Å²) in [5.41, 5.74) is 0.786. The van der Waals surface area contributed by atoms with Crippen LogP contribution in [0.4, 0.5) is 0 Å². The molecule has 4 nitrogen and oxygen atoms in total. The first kappa shape index (κ1) is 14.1. The van der Waals surface area contributed by atoms with Gasteiger partial charge in [0.2, 0.25) is 0 Å². The van der Waals surface area contributed by atoms with Crippen molar-refractivity contribution in [1.82, 2.24) is 9.55 Å². The van der Waals surface area contributed by atoms with E-state index in [-0.39, 0.29) is 5.91 Å². The normalized spacial score (nSPS) is 12.4. The van der Waals surface area contributed by atoms with E-state index in [2.05, 4.69) is 23.8 Å². The first-order valence-corrected chi connectivity index (χ1v) is 7.82. The minimum absolute atomic E-state index is 0.192. The van der Waals surface area contributed by atoms with E-state index in [9.17, 15) is 4.79 Å². The van der Waals surface area contributed by atoms with Gasteiger partial charge < -0.3 is 4.57 Å². The topological polar surface area (TPSA) is 47.2 Å². The minimum atomic E-state index is -0.192. The van der Waals surface area contributed by atoms with Crippen LogP contribution in [-0.2, 0) is 13.5 Å². The van der Waals surface area contributed by atoms with Crippen molar-refractivity contribution in [2.45, 2.75) is 27.2 Å². The van der Waals surface area contributed by atoms with Crippen LogP contribution in [-0.4, -0.2) is 15.5 Å². The molecule has 0 fully saturated rings. The van der Waals surface area contributed by atoms with Crippen LogP contribution in [0.1, 0.15) is 34.2 Å². The fourth-order valence-electron chi connectivity index (χ4n) is 1.66. The van der Waals surface area contributed by atoms with Gasteiger partial charge in [0.25, 0.3) is 5.91 Å². The largest absolute Gasteiger partial charge is 0.327 e. The van der Waals surface area contributed by atoms with Gasteiger partial charge in [-0.3, -0.25) is 4.79 Å². The quantitative estimate of drug-likeness (QED) is 0.874. The van der Waals surface area contributed by atoms with E-state index in [1.807, 2.05) is 30.1 Å². The van der Waals surface area contributed by atoms with Crippen LogP contribution >= 0.6 is 22.7 Å². The number of thiazole rings is 2. The number of carbonyl (C=O) groups is 1. The lowest BCUT2D eigenvalue weighted by molar-refractivity contribution is 0.100. The molecule has 0 radical (unpaired) electrons. The van der Waals surface area contributed by atoms with Crippen molar-refractivity contribution >= 4 is 28.6 Å². The van der Waals surface area contributed by atoms with E-state index in [4.69, 9.17) is 0 Å². The molecule has 0 N–H and O–H groups in total. The first-order valence-electron chi connectivity index (χ1n) is 6.13. The SMILES string of the molecule is Cc1nc(CC(C)C)sc1C(=O)N=c1sccn1C. The number of amides is 1. The highest BCUT2D eigenvalue weighted by Gasteiger charge is 2.15. The molecule has 0 aliphatic carbocycles. The summed E-state index contributed by atoms with van der Waals surface area (Å²) in [5, 5.41) is 2.93. The van der Waals surface area contributed by atoms with Gasteiger partial charge in [-0.2, -0.15) is 4.99 Å². The van der Waals surface area contributed by atoms with Gasteiger partial charge in [-0.05, 0) is 12.8 Å². The average Bonchev–Trinajstić information content (AvgIpc) is 2.85. The van der Waals surface area contributed by atoms with Crippen molar-refractivity contribution in [3.8, 4) is 0 Å². The number of hydrogen-bond acceptors (Lipinski definition) is 4. The summed E-state index contributed by atoms with van der Waals surface area (Å²) >= 11 is 2.92. The number of carbonyl (C=O) groups excluding carboxylic acids is 1. The number of nitrogens with zero attached hydrogens (tertiary/aromatic N) is 3. The molecular formula is C13H17N3OS2. The third kappa shape index (κ3) is 3.39. The lowest BCUT2D eigenvalue weighted by Crippen LogP contribution is -2.12. The third-order valence-corrected chi connectivity index (χ3v) is 4.59. The van der Waals surface area contributed by atoms with Gasteiger partial charge in [0.1, 0.15) is 4.88 Å². The van der Waals surface area contributed by atoms with Crippen LogP contribution < -0.4 is 4.80 Å². The van der Waals surface area contributed by atoms with Gasteiger partial charge in [-0.15, -0.1) is 22.7 Å². The molecule has 0 aliphatic heterocycles. The van der Waals surface area contributed by atoms with E-state index in [0.29, 0.717) is 15.6 Å². The van der Waals surface area contributed by atoms with Crippen LogP contribution in [0.25, 0.3) is 0 Å². The fraction of sp³-hybridized carbons (Fsp3) is 0.462. The van der Waals surface area contributed by atoms with Crippen LogP contribution in [0.5, 0.6) is 0 Å². The van der Waals surface area contributed by atoms with Gasteiger partial charge in [0.05, 0.1) is 10.7 Å². The summed E-state index contributed by atoms with van der Waals surface area (Å²) in [6.07, 6.45) is 2.80. The Balaban J connectivity index is 2.30. The summed E-state index contributed by atoms with van der Waals surface area (Å²) in [7, 11) is 1.88. The predicted octanol–water partition coefficient (Wildman–Crippen LogP) is 2.79. The lowest BCUT2D eigenvalue weighted by atomic mass is 10.1. The molecule has 1 amide bonds. The second-order valence-electron chi connectivity index (χ2n) is 4.83. The molecular weight excluding hydrogens is 278 g/mol. The molecule has 0 aromatic carbocycles. The number of aryl methyl sites for hydroxylation is 2. The molecule has 6 heteroatoms. The Kier molecular flexibility index (Phi) is 4.31. The summed E-state index contributed by atoms with van der Waals surface area (Å²) < 4.78 is 1.84. The van der Waals surface area contributed by atoms with Crippen LogP contribution in [0.15, 0.2) is 16.6 Å². The summed E-state index contributed by atoms with van der Waals surface area (Å²) in [6.45, 7) is 6.17. The predicted molar refractivity (Wildman–Crippen MR) is 78.6 cm³/mol. The van der Waals surface area contributed by atoms with Gasteiger partial charge >= 0.3 is 0 Å². The van der Waals surface area contributed by atoms with Crippen LogP contribution in [0.3, 0.4) is 0 Å². The molecule has 0 saturated heterocycles. The molecule has 0 atom stereocenters. The maximum absolute atomic E-state index is 12.2. The van der Waals surface area contributed by atoms with Crippen LogP contribution in [0, 0.1) is 12.8 Å². The molecule has 0 aliphatic rings. The standard InChI is InChI=1S/C13H17N3OS2/c1-8(2)7-10-14-9(3)11(19-10)12(17)15-13-16(4)5-6-18-13/h5-6,8H,7H2,1-4H3. The maximum Gasteiger partial charge on any atom is 0.291 e. The van der Waals surface area contributed by atoms with Crippen molar-refractivity contribution in [2.75, 3.05) is 0 Å². The Morgan fingerprint density at radius 3 is 2.84 bits per heavy atom. The fourth-order valence-corrected chi connectivity index (χ4v) is 3.55. The molecule has 2 aromatic heterocycles. The highest BCUT2D eigenvalue weighted by atomic mass is 32.1. The monoisotopic (exact) mass is 295 g/mol. The maximum atomic E-state index is 12.2. The Morgan fingerprint density at radius 1 is 1.53 bits per heavy atom. The number of aromatic nitrogens is 2. The Labute approximate surface area is 120 Å². The number of hydrogen-bond donors (Lipinski definition) is 0. The zero-order valence-electron chi connectivity index (χ0n) is 11.5. The summed E-state index contributed by atoms with van der Waals surface area (Å²) in [4.78, 5) is 22.2. The van der Waals surface area contributed by atoms with Crippen LogP contribution in [0.2, 0.25) is 0 Å². The van der Waals surface area contributed by atoms with E-state index in [1.165, 1.54) is 22.7 Å². The van der Waals surface area contributed by atoms with E-state index < -0.39 is 0 Å². The second kappa shape index (κ2) is 5.79. The van der Waals surface area contributed by atoms with Crippen molar-refractivity contribution < 1.29 is 4.79 Å². The summed E-state index contributed by atoms with van der Waals surface area (Å²) in [6, 6.07) is 0. The molecule has 0 spiro atoms. The van der Waals surface area contributed by atoms with E-state index >= 15 is 0 Å². The molecule has 102 valence electrons. The van der Waals surface area contributed by atoms with Crippen molar-refractivity contribution in [3.05, 3.63) is 32.0 Å². The number of rotatable bonds is 3. The second-order valence-corrected chi connectivity index (χ2v) is 6.79. The van der Waals surface area contributed by atoms with Gasteiger partial charge in [0, 0.05) is 25.0 Å². The first-order chi connectivity index (χ1) is 8.97. The Morgan fingerprint density at radius 2 is 2.26 bits per heavy atom. The van der Waals surface area contributed by atoms with Gasteiger partial charge in [0.15, 0.2) is 4.80 Å². The molecule has 19 heavy (non-hydrogen) atoms. The average molecular weight is 295 g/mol. The Hall–Kier alpha value is -1.27. The molecule has 2 aromatic rings. The highest BCUT2D eigenvalue weighted by molar-refractivity contribution is 7.13. The van der Waals surface area contributed by atoms with Gasteiger partial charge in [-0.25, -0.2) is 4.98 Å². The van der Waals surface area contributed by atoms with Crippen molar-refractivity contribution in [1.29, 1.82) is 0 Å². The zero-order valence-corrected chi connectivity index (χ0v) is 13.1. The summed E-state index contributed by atoms with van der Waals surface area (Å²) in [5.74, 6) is 0.351. The molecule has 0 saturated carbocycles. The molecule has 2 heterocycles.